The van der Waals surface area contributed by atoms with E-state index in [4.69, 9.17) is 0 Å². The van der Waals surface area contributed by atoms with Crippen molar-refractivity contribution in [2.45, 2.75) is 90.8 Å². The monoisotopic (exact) mass is 266 g/mol. The van der Waals surface area contributed by atoms with Crippen LogP contribution in [0.3, 0.4) is 0 Å². The summed E-state index contributed by atoms with van der Waals surface area (Å²) in [5.41, 5.74) is 1.13. The molecule has 2 rings (SSSR count). The first-order valence-electron chi connectivity index (χ1n) is 8.15. The summed E-state index contributed by atoms with van der Waals surface area (Å²) in [5, 5.41) is 3.87. The third-order valence-electron chi connectivity index (χ3n) is 5.08. The quantitative estimate of drug-likeness (QED) is 0.817. The van der Waals surface area contributed by atoms with Crippen LogP contribution in [0.25, 0.3) is 0 Å². The predicted octanol–water partition coefficient (Wildman–Crippen LogP) is 3.81. The van der Waals surface area contributed by atoms with Crippen LogP contribution in [0.15, 0.2) is 0 Å². The van der Waals surface area contributed by atoms with Crippen LogP contribution >= 0.6 is 0 Å². The first kappa shape index (κ1) is 15.3. The Kier molecular flexibility index (Phi) is 4.06. The Morgan fingerprint density at radius 2 is 1.68 bits per heavy atom. The van der Waals surface area contributed by atoms with E-state index in [2.05, 4.69) is 51.8 Å². The molecule has 0 aromatic rings. The van der Waals surface area contributed by atoms with Crippen molar-refractivity contribution in [3.8, 4) is 0 Å². The lowest BCUT2D eigenvalue weighted by Gasteiger charge is -2.53. The van der Waals surface area contributed by atoms with E-state index >= 15 is 0 Å². The van der Waals surface area contributed by atoms with Gasteiger partial charge in [0, 0.05) is 30.2 Å². The van der Waals surface area contributed by atoms with Gasteiger partial charge in [-0.25, -0.2) is 0 Å². The molecule has 2 nitrogen and oxygen atoms in total. The first-order chi connectivity index (χ1) is 8.64. The van der Waals surface area contributed by atoms with Crippen LogP contribution in [0.5, 0.6) is 0 Å². The van der Waals surface area contributed by atoms with E-state index in [1.807, 2.05) is 0 Å². The molecule has 19 heavy (non-hydrogen) atoms. The average Bonchev–Trinajstić information content (AvgIpc) is 2.67. The summed E-state index contributed by atoms with van der Waals surface area (Å²) in [5.74, 6) is 0. The van der Waals surface area contributed by atoms with Gasteiger partial charge in [-0.1, -0.05) is 33.6 Å². The SMILES string of the molecule is CC1CNC2(CCCC2)CN1C(C)(C)CC(C)(C)C. The third kappa shape index (κ3) is 3.52. The molecule has 1 spiro atoms. The Labute approximate surface area is 120 Å². The van der Waals surface area contributed by atoms with Gasteiger partial charge in [-0.05, 0) is 45.4 Å². The van der Waals surface area contributed by atoms with Gasteiger partial charge in [-0.2, -0.15) is 0 Å². The zero-order chi connectivity index (χ0) is 14.3. The third-order valence-corrected chi connectivity index (χ3v) is 5.08. The molecule has 1 aliphatic carbocycles. The lowest BCUT2D eigenvalue weighted by atomic mass is 9.78. The van der Waals surface area contributed by atoms with E-state index in [0.717, 1.165) is 6.54 Å². The van der Waals surface area contributed by atoms with Crippen molar-refractivity contribution in [3.05, 3.63) is 0 Å². The molecule has 0 aromatic heterocycles. The summed E-state index contributed by atoms with van der Waals surface area (Å²) >= 11 is 0. The van der Waals surface area contributed by atoms with Crippen LogP contribution in [0.2, 0.25) is 0 Å². The molecule has 1 saturated carbocycles. The van der Waals surface area contributed by atoms with E-state index in [-0.39, 0.29) is 0 Å². The minimum absolute atomic E-state index is 0.301. The van der Waals surface area contributed by atoms with Gasteiger partial charge in [0.15, 0.2) is 0 Å². The zero-order valence-corrected chi connectivity index (χ0v) is 14.0. The highest BCUT2D eigenvalue weighted by Crippen LogP contribution is 2.39. The van der Waals surface area contributed by atoms with Gasteiger partial charge in [0.25, 0.3) is 0 Å². The number of hydrogen-bond acceptors (Lipinski definition) is 2. The Hall–Kier alpha value is -0.0800. The smallest absolute Gasteiger partial charge is 0.0309 e. The van der Waals surface area contributed by atoms with Crippen LogP contribution in [-0.4, -0.2) is 35.1 Å². The van der Waals surface area contributed by atoms with Crippen molar-refractivity contribution in [3.63, 3.8) is 0 Å². The summed E-state index contributed by atoms with van der Waals surface area (Å²) < 4.78 is 0. The molecule has 0 aromatic carbocycles. The number of nitrogens with one attached hydrogen (secondary N) is 1. The van der Waals surface area contributed by atoms with E-state index < -0.39 is 0 Å². The maximum atomic E-state index is 3.87. The number of rotatable bonds is 2. The highest BCUT2D eigenvalue weighted by atomic mass is 15.3. The molecular formula is C17H34N2. The molecule has 1 unspecified atom stereocenters. The molecule has 1 aliphatic heterocycles. The molecule has 0 amide bonds. The van der Waals surface area contributed by atoms with Gasteiger partial charge in [-0.15, -0.1) is 0 Å². The molecule has 1 N–H and O–H groups in total. The second-order valence-corrected chi connectivity index (χ2v) is 8.90. The van der Waals surface area contributed by atoms with Crippen LogP contribution in [0, 0.1) is 5.41 Å². The molecule has 2 heteroatoms. The summed E-state index contributed by atoms with van der Waals surface area (Å²) in [7, 11) is 0. The lowest BCUT2D eigenvalue weighted by Crippen LogP contribution is -2.67. The normalized spacial score (nSPS) is 29.1. The van der Waals surface area contributed by atoms with Crippen LogP contribution in [0.4, 0.5) is 0 Å². The lowest BCUT2D eigenvalue weighted by molar-refractivity contribution is -0.0113. The molecule has 0 bridgehead atoms. The van der Waals surface area contributed by atoms with Gasteiger partial charge in [0.05, 0.1) is 0 Å². The molecule has 1 heterocycles. The van der Waals surface area contributed by atoms with Gasteiger partial charge in [0.1, 0.15) is 0 Å². The Balaban J connectivity index is 2.12. The van der Waals surface area contributed by atoms with Gasteiger partial charge in [0.2, 0.25) is 0 Å². The Bertz CT molecular complexity index is 308. The fourth-order valence-electron chi connectivity index (χ4n) is 4.61. The molecular weight excluding hydrogens is 232 g/mol. The van der Waals surface area contributed by atoms with Gasteiger partial charge in [-0.3, -0.25) is 4.90 Å². The minimum atomic E-state index is 0.301. The highest BCUT2D eigenvalue weighted by Gasteiger charge is 2.44. The van der Waals surface area contributed by atoms with E-state index in [1.54, 1.807) is 0 Å². The van der Waals surface area contributed by atoms with E-state index in [1.165, 1.54) is 38.6 Å². The van der Waals surface area contributed by atoms with Crippen molar-refractivity contribution in [2.75, 3.05) is 13.1 Å². The minimum Gasteiger partial charge on any atom is -0.308 e. The van der Waals surface area contributed by atoms with Crippen molar-refractivity contribution >= 4 is 0 Å². The Morgan fingerprint density at radius 3 is 2.21 bits per heavy atom. The fraction of sp³-hybridized carbons (Fsp3) is 1.00. The standard InChI is InChI=1S/C17H34N2/c1-14-11-18-17(9-7-8-10-17)13-19(14)16(5,6)12-15(2,3)4/h14,18H,7-13H2,1-6H3. The topological polar surface area (TPSA) is 15.3 Å². The molecule has 112 valence electrons. The highest BCUT2D eigenvalue weighted by molar-refractivity contribution is 5.04. The summed E-state index contributed by atoms with van der Waals surface area (Å²) in [6.45, 7) is 16.8. The predicted molar refractivity (Wildman–Crippen MR) is 83.5 cm³/mol. The molecule has 2 fully saturated rings. The van der Waals surface area contributed by atoms with Crippen LogP contribution in [0.1, 0.15) is 73.6 Å². The number of hydrogen-bond donors (Lipinski definition) is 1. The summed E-state index contributed by atoms with van der Waals surface area (Å²) in [6, 6.07) is 0.656. The molecule has 1 saturated heterocycles. The molecule has 0 radical (unpaired) electrons. The van der Waals surface area contributed by atoms with Crippen LogP contribution in [-0.2, 0) is 0 Å². The number of nitrogens with zero attached hydrogens (tertiary/aromatic N) is 1. The van der Waals surface area contributed by atoms with Crippen molar-refractivity contribution in [2.24, 2.45) is 5.41 Å². The van der Waals surface area contributed by atoms with Gasteiger partial charge >= 0.3 is 0 Å². The average molecular weight is 266 g/mol. The Morgan fingerprint density at radius 1 is 1.11 bits per heavy atom. The fourth-order valence-corrected chi connectivity index (χ4v) is 4.61. The maximum absolute atomic E-state index is 3.87. The van der Waals surface area contributed by atoms with Crippen molar-refractivity contribution < 1.29 is 0 Å². The summed E-state index contributed by atoms with van der Waals surface area (Å²) in [4.78, 5) is 2.79. The second-order valence-electron chi connectivity index (χ2n) is 8.90. The summed E-state index contributed by atoms with van der Waals surface area (Å²) in [6.07, 6.45) is 6.84. The molecule has 2 aliphatic rings. The van der Waals surface area contributed by atoms with E-state index in [9.17, 15) is 0 Å². The maximum Gasteiger partial charge on any atom is 0.0309 e. The second kappa shape index (κ2) is 5.04. The van der Waals surface area contributed by atoms with Crippen molar-refractivity contribution in [1.29, 1.82) is 0 Å². The zero-order valence-electron chi connectivity index (χ0n) is 14.0. The van der Waals surface area contributed by atoms with Gasteiger partial charge < -0.3 is 5.32 Å². The largest absolute Gasteiger partial charge is 0.308 e. The number of piperazine rings is 1. The molecule has 1 atom stereocenters. The van der Waals surface area contributed by atoms with Crippen LogP contribution < -0.4 is 5.32 Å². The van der Waals surface area contributed by atoms with E-state index in [0.29, 0.717) is 22.5 Å². The van der Waals surface area contributed by atoms with Crippen molar-refractivity contribution in [1.82, 2.24) is 10.2 Å². The first-order valence-corrected chi connectivity index (χ1v) is 8.15.